The smallest absolute Gasteiger partial charge is 0.0671 e. The summed E-state index contributed by atoms with van der Waals surface area (Å²) in [4.78, 5) is 0. The first-order valence-corrected chi connectivity index (χ1v) is 4.43. The van der Waals surface area contributed by atoms with Crippen LogP contribution in [0.4, 0.5) is 0 Å². The minimum absolute atomic E-state index is 0.593. The van der Waals surface area contributed by atoms with Crippen molar-refractivity contribution in [2.24, 2.45) is 5.73 Å². The lowest BCUT2D eigenvalue weighted by atomic mass is 10.1. The Labute approximate surface area is 77.6 Å². The van der Waals surface area contributed by atoms with Gasteiger partial charge in [-0.25, -0.2) is 0 Å². The normalized spacial score (nSPS) is 15.0. The van der Waals surface area contributed by atoms with E-state index in [9.17, 15) is 0 Å². The zero-order valence-electron chi connectivity index (χ0n) is 7.59. The quantitative estimate of drug-likeness (QED) is 0.670. The molecular formula is C11H12N2. The molecule has 1 aromatic rings. The molecule has 3 N–H and O–H groups in total. The second kappa shape index (κ2) is 2.73. The number of hydrogen-bond donors (Lipinski definition) is 2. The summed E-state index contributed by atoms with van der Waals surface area (Å²) in [6, 6.07) is 7.83. The van der Waals surface area contributed by atoms with Gasteiger partial charge in [0.2, 0.25) is 0 Å². The Morgan fingerprint density at radius 1 is 1.23 bits per heavy atom. The molecule has 0 spiro atoms. The molecule has 2 heteroatoms. The van der Waals surface area contributed by atoms with Crippen molar-refractivity contribution >= 4 is 11.4 Å². The van der Waals surface area contributed by atoms with Crippen molar-refractivity contribution in [3.63, 3.8) is 0 Å². The molecule has 13 heavy (non-hydrogen) atoms. The minimum atomic E-state index is 0.593. The highest BCUT2D eigenvalue weighted by molar-refractivity contribution is 6.21. The van der Waals surface area contributed by atoms with E-state index in [-0.39, 0.29) is 0 Å². The highest BCUT2D eigenvalue weighted by atomic mass is 14.6. The van der Waals surface area contributed by atoms with Crippen LogP contribution in [0.5, 0.6) is 0 Å². The molecule has 0 heterocycles. The predicted octanol–water partition coefficient (Wildman–Crippen LogP) is 2.15. The van der Waals surface area contributed by atoms with E-state index in [2.05, 4.69) is 0 Å². The molecule has 0 unspecified atom stereocenters. The summed E-state index contributed by atoms with van der Waals surface area (Å²) in [5, 5.41) is 7.88. The van der Waals surface area contributed by atoms with E-state index < -0.39 is 0 Å². The lowest BCUT2D eigenvalue weighted by Crippen LogP contribution is -1.98. The minimum Gasteiger partial charge on any atom is -0.398 e. The number of benzene rings is 1. The number of rotatable bonds is 1. The van der Waals surface area contributed by atoms with E-state index in [1.807, 2.05) is 31.2 Å². The molecule has 0 atom stereocenters. The molecule has 0 amide bonds. The van der Waals surface area contributed by atoms with Gasteiger partial charge in [0.05, 0.1) is 5.71 Å². The van der Waals surface area contributed by atoms with Crippen LogP contribution in [0.1, 0.15) is 24.5 Å². The molecule has 0 saturated carbocycles. The maximum Gasteiger partial charge on any atom is 0.0671 e. The van der Waals surface area contributed by atoms with Crippen LogP contribution in [0.2, 0.25) is 0 Å². The SMILES string of the molecule is CCC1=C(N)c2ccccc2C1=N. The van der Waals surface area contributed by atoms with E-state index in [0.29, 0.717) is 5.71 Å². The Kier molecular flexibility index (Phi) is 1.69. The Morgan fingerprint density at radius 3 is 2.38 bits per heavy atom. The van der Waals surface area contributed by atoms with Gasteiger partial charge in [-0.3, -0.25) is 5.41 Å². The second-order valence-corrected chi connectivity index (χ2v) is 3.17. The van der Waals surface area contributed by atoms with Crippen LogP contribution >= 0.6 is 0 Å². The summed E-state index contributed by atoms with van der Waals surface area (Å²) >= 11 is 0. The highest BCUT2D eigenvalue weighted by Gasteiger charge is 2.22. The fourth-order valence-corrected chi connectivity index (χ4v) is 1.76. The number of nitrogens with one attached hydrogen (secondary N) is 1. The Morgan fingerprint density at radius 2 is 1.85 bits per heavy atom. The number of hydrogen-bond acceptors (Lipinski definition) is 2. The molecule has 1 aliphatic rings. The summed E-state index contributed by atoms with van der Waals surface area (Å²) in [7, 11) is 0. The van der Waals surface area contributed by atoms with Gasteiger partial charge >= 0.3 is 0 Å². The summed E-state index contributed by atoms with van der Waals surface area (Å²) in [6.07, 6.45) is 0.833. The summed E-state index contributed by atoms with van der Waals surface area (Å²) in [5.74, 6) is 0. The van der Waals surface area contributed by atoms with Gasteiger partial charge in [0.15, 0.2) is 0 Å². The van der Waals surface area contributed by atoms with Crippen molar-refractivity contribution < 1.29 is 0 Å². The first kappa shape index (κ1) is 8.05. The predicted molar refractivity (Wildman–Crippen MR) is 54.7 cm³/mol. The van der Waals surface area contributed by atoms with Gasteiger partial charge in [0.25, 0.3) is 0 Å². The third-order valence-corrected chi connectivity index (χ3v) is 2.47. The van der Waals surface area contributed by atoms with E-state index in [1.165, 1.54) is 0 Å². The molecule has 1 aromatic carbocycles. The van der Waals surface area contributed by atoms with Gasteiger partial charge in [-0.05, 0) is 6.42 Å². The van der Waals surface area contributed by atoms with Crippen molar-refractivity contribution in [2.45, 2.75) is 13.3 Å². The van der Waals surface area contributed by atoms with Gasteiger partial charge in [-0.1, -0.05) is 31.2 Å². The third kappa shape index (κ3) is 0.985. The van der Waals surface area contributed by atoms with Crippen molar-refractivity contribution in [3.05, 3.63) is 41.0 Å². The first-order valence-electron chi connectivity index (χ1n) is 4.43. The molecule has 2 rings (SSSR count). The largest absolute Gasteiger partial charge is 0.398 e. The Hall–Kier alpha value is -1.57. The Balaban J connectivity index is 2.65. The van der Waals surface area contributed by atoms with Gasteiger partial charge in [0.1, 0.15) is 0 Å². The zero-order valence-corrected chi connectivity index (χ0v) is 7.59. The lowest BCUT2D eigenvalue weighted by molar-refractivity contribution is 1.17. The van der Waals surface area contributed by atoms with Crippen molar-refractivity contribution in [3.8, 4) is 0 Å². The van der Waals surface area contributed by atoms with Crippen LogP contribution in [0, 0.1) is 5.41 Å². The van der Waals surface area contributed by atoms with Gasteiger partial charge in [0, 0.05) is 22.4 Å². The van der Waals surface area contributed by atoms with Crippen molar-refractivity contribution in [2.75, 3.05) is 0 Å². The third-order valence-electron chi connectivity index (χ3n) is 2.47. The molecule has 0 fully saturated rings. The van der Waals surface area contributed by atoms with E-state index in [0.717, 1.165) is 28.8 Å². The number of fused-ring (bicyclic) bond motifs is 1. The van der Waals surface area contributed by atoms with Crippen molar-refractivity contribution in [1.82, 2.24) is 0 Å². The summed E-state index contributed by atoms with van der Waals surface area (Å²) in [6.45, 7) is 2.03. The average molecular weight is 172 g/mol. The molecular weight excluding hydrogens is 160 g/mol. The van der Waals surface area contributed by atoms with Crippen molar-refractivity contribution in [1.29, 1.82) is 5.41 Å². The lowest BCUT2D eigenvalue weighted by Gasteiger charge is -1.98. The van der Waals surface area contributed by atoms with Crippen LogP contribution in [0.15, 0.2) is 29.8 Å². The van der Waals surface area contributed by atoms with Crippen LogP contribution in [0.25, 0.3) is 5.70 Å². The molecule has 0 radical (unpaired) electrons. The zero-order chi connectivity index (χ0) is 9.42. The number of allylic oxidation sites excluding steroid dienone is 1. The number of nitrogens with two attached hydrogens (primary N) is 1. The first-order chi connectivity index (χ1) is 6.25. The molecule has 0 aromatic heterocycles. The van der Waals surface area contributed by atoms with Gasteiger partial charge in [-0.2, -0.15) is 0 Å². The molecule has 66 valence electrons. The molecule has 2 nitrogen and oxygen atoms in total. The van der Waals surface area contributed by atoms with Crippen LogP contribution < -0.4 is 5.73 Å². The summed E-state index contributed by atoms with van der Waals surface area (Å²) < 4.78 is 0. The standard InChI is InChI=1S/C11H12N2/c1-2-7-10(12)8-5-3-4-6-9(8)11(7)13/h3-6,12H,2,13H2,1H3. The van der Waals surface area contributed by atoms with Crippen LogP contribution in [-0.4, -0.2) is 5.71 Å². The highest BCUT2D eigenvalue weighted by Crippen LogP contribution is 2.30. The van der Waals surface area contributed by atoms with Crippen LogP contribution in [0.3, 0.4) is 0 Å². The monoisotopic (exact) mass is 172 g/mol. The van der Waals surface area contributed by atoms with E-state index in [1.54, 1.807) is 0 Å². The molecule has 0 aliphatic heterocycles. The van der Waals surface area contributed by atoms with E-state index >= 15 is 0 Å². The fourth-order valence-electron chi connectivity index (χ4n) is 1.76. The fraction of sp³-hybridized carbons (Fsp3) is 0.182. The van der Waals surface area contributed by atoms with E-state index in [4.69, 9.17) is 11.1 Å². The second-order valence-electron chi connectivity index (χ2n) is 3.17. The average Bonchev–Trinajstić information content (AvgIpc) is 2.41. The van der Waals surface area contributed by atoms with Gasteiger partial charge in [-0.15, -0.1) is 0 Å². The molecule has 1 aliphatic carbocycles. The maximum absolute atomic E-state index is 7.88. The topological polar surface area (TPSA) is 49.9 Å². The summed E-state index contributed by atoms with van der Waals surface area (Å²) in [5.41, 5.74) is 10.3. The van der Waals surface area contributed by atoms with Gasteiger partial charge < -0.3 is 5.73 Å². The molecule has 0 saturated heterocycles. The molecule has 0 bridgehead atoms. The maximum atomic E-state index is 7.88. The Bertz CT molecular complexity index is 402. The van der Waals surface area contributed by atoms with Crippen LogP contribution in [-0.2, 0) is 0 Å².